The summed E-state index contributed by atoms with van der Waals surface area (Å²) in [5, 5.41) is 12.0. The molecule has 3 heterocycles. The Kier molecular flexibility index (Phi) is 6.88. The molecule has 2 saturated heterocycles. The molecule has 0 unspecified atom stereocenters. The molecule has 2 aliphatic rings. The first-order valence-corrected chi connectivity index (χ1v) is 10.3. The highest BCUT2D eigenvalue weighted by Gasteiger charge is 2.27. The molecule has 7 heteroatoms. The summed E-state index contributed by atoms with van der Waals surface area (Å²) in [6.07, 6.45) is 8.20. The molecule has 2 fully saturated rings. The fourth-order valence-corrected chi connectivity index (χ4v) is 4.05. The Morgan fingerprint density at radius 2 is 1.77 bits per heavy atom. The van der Waals surface area contributed by atoms with Gasteiger partial charge in [-0.25, -0.2) is 4.79 Å². The monoisotopic (exact) mass is 362 g/mol. The van der Waals surface area contributed by atoms with E-state index in [0.717, 1.165) is 57.1 Å². The van der Waals surface area contributed by atoms with E-state index >= 15 is 0 Å². The summed E-state index contributed by atoms with van der Waals surface area (Å²) in [4.78, 5) is 16.5. The zero-order valence-electron chi connectivity index (χ0n) is 16.4. The van der Waals surface area contributed by atoms with Gasteiger partial charge in [0.25, 0.3) is 0 Å². The van der Waals surface area contributed by atoms with E-state index in [4.69, 9.17) is 0 Å². The van der Waals surface area contributed by atoms with Crippen molar-refractivity contribution in [1.29, 1.82) is 0 Å². The number of nitrogens with zero attached hydrogens (tertiary/aromatic N) is 5. The van der Waals surface area contributed by atoms with Gasteiger partial charge in [-0.15, -0.1) is 10.2 Å². The molecule has 0 atom stereocenters. The van der Waals surface area contributed by atoms with Crippen molar-refractivity contribution >= 4 is 6.03 Å². The van der Waals surface area contributed by atoms with E-state index < -0.39 is 0 Å². The molecule has 2 amide bonds. The maximum Gasteiger partial charge on any atom is 0.317 e. The van der Waals surface area contributed by atoms with Crippen LogP contribution in [-0.4, -0.2) is 63.3 Å². The van der Waals surface area contributed by atoms with Gasteiger partial charge in [0.15, 0.2) is 0 Å². The lowest BCUT2D eigenvalue weighted by Crippen LogP contribution is -2.44. The van der Waals surface area contributed by atoms with E-state index in [0.29, 0.717) is 5.92 Å². The number of nitrogens with one attached hydrogen (secondary N) is 1. The van der Waals surface area contributed by atoms with E-state index in [1.54, 1.807) is 0 Å². The summed E-state index contributed by atoms with van der Waals surface area (Å²) in [6, 6.07) is 0.0742. The zero-order chi connectivity index (χ0) is 18.4. The minimum absolute atomic E-state index is 0.0742. The number of aromatic nitrogens is 3. The molecule has 0 spiro atoms. The molecule has 2 aliphatic heterocycles. The normalized spacial score (nSPS) is 20.2. The number of urea groups is 1. The first-order valence-electron chi connectivity index (χ1n) is 10.3. The maximum absolute atomic E-state index is 12.1. The number of piperidine rings is 1. The van der Waals surface area contributed by atoms with Crippen LogP contribution in [0.15, 0.2) is 0 Å². The molecular formula is C19H34N6O. The standard InChI is InChI=1S/C19H34N6O/c1-3-10-20-19(26)25-13-8-16(9-14-25)18-22-21-17(23(18)2)15-24-11-6-4-5-7-12-24/h16H,3-15H2,1-2H3,(H,20,26). The van der Waals surface area contributed by atoms with Crippen LogP contribution in [0.4, 0.5) is 4.79 Å². The van der Waals surface area contributed by atoms with E-state index in [1.807, 2.05) is 4.90 Å². The van der Waals surface area contributed by atoms with Crippen molar-refractivity contribution in [1.82, 2.24) is 29.9 Å². The van der Waals surface area contributed by atoms with Crippen molar-refractivity contribution in [3.8, 4) is 0 Å². The van der Waals surface area contributed by atoms with Crippen LogP contribution in [0.1, 0.15) is 69.4 Å². The zero-order valence-corrected chi connectivity index (χ0v) is 16.4. The highest BCUT2D eigenvalue weighted by molar-refractivity contribution is 5.74. The second-order valence-corrected chi connectivity index (χ2v) is 7.72. The average molecular weight is 363 g/mol. The predicted molar refractivity (Wildman–Crippen MR) is 102 cm³/mol. The third kappa shape index (κ3) is 4.75. The molecule has 1 aromatic heterocycles. The summed E-state index contributed by atoms with van der Waals surface area (Å²) in [5.41, 5.74) is 0. The van der Waals surface area contributed by atoms with Crippen LogP contribution in [0.2, 0.25) is 0 Å². The average Bonchev–Trinajstić information content (AvgIpc) is 2.86. The van der Waals surface area contributed by atoms with Crippen LogP contribution in [0, 0.1) is 0 Å². The largest absolute Gasteiger partial charge is 0.338 e. The molecule has 3 rings (SSSR count). The second kappa shape index (κ2) is 9.35. The Hall–Kier alpha value is -1.63. The smallest absolute Gasteiger partial charge is 0.317 e. The number of likely N-dealkylation sites (tertiary alicyclic amines) is 2. The van der Waals surface area contributed by atoms with Gasteiger partial charge in [0.05, 0.1) is 6.54 Å². The minimum atomic E-state index is 0.0742. The van der Waals surface area contributed by atoms with Crippen LogP contribution >= 0.6 is 0 Å². The Morgan fingerprint density at radius 3 is 2.42 bits per heavy atom. The second-order valence-electron chi connectivity index (χ2n) is 7.72. The third-order valence-electron chi connectivity index (χ3n) is 5.74. The lowest BCUT2D eigenvalue weighted by atomic mass is 9.96. The molecule has 146 valence electrons. The van der Waals surface area contributed by atoms with Gasteiger partial charge in [-0.2, -0.15) is 0 Å². The Balaban J connectivity index is 1.54. The first kappa shape index (κ1) is 19.1. The molecule has 0 aromatic carbocycles. The van der Waals surface area contributed by atoms with Crippen LogP contribution in [0.25, 0.3) is 0 Å². The summed E-state index contributed by atoms with van der Waals surface area (Å²) in [6.45, 7) is 7.68. The Morgan fingerprint density at radius 1 is 1.08 bits per heavy atom. The summed E-state index contributed by atoms with van der Waals surface area (Å²) >= 11 is 0. The van der Waals surface area contributed by atoms with Gasteiger partial charge in [0.1, 0.15) is 11.6 Å². The number of carbonyl (C=O) groups is 1. The Bertz CT molecular complexity index is 571. The van der Waals surface area contributed by atoms with Crippen LogP contribution in [0.3, 0.4) is 0 Å². The summed E-state index contributed by atoms with van der Waals surface area (Å²) < 4.78 is 2.20. The number of hydrogen-bond acceptors (Lipinski definition) is 4. The molecule has 0 saturated carbocycles. The highest BCUT2D eigenvalue weighted by atomic mass is 16.2. The quantitative estimate of drug-likeness (QED) is 0.874. The predicted octanol–water partition coefficient (Wildman–Crippen LogP) is 2.49. The molecule has 26 heavy (non-hydrogen) atoms. The van der Waals surface area contributed by atoms with Crippen LogP contribution < -0.4 is 5.32 Å². The number of carbonyl (C=O) groups excluding carboxylic acids is 1. The topological polar surface area (TPSA) is 66.3 Å². The van der Waals surface area contributed by atoms with Crippen molar-refractivity contribution in [2.24, 2.45) is 7.05 Å². The number of rotatable bonds is 5. The lowest BCUT2D eigenvalue weighted by molar-refractivity contribution is 0.180. The van der Waals surface area contributed by atoms with Gasteiger partial charge in [0, 0.05) is 32.6 Å². The molecule has 1 N–H and O–H groups in total. The number of hydrogen-bond donors (Lipinski definition) is 1. The van der Waals surface area contributed by atoms with Crippen LogP contribution in [-0.2, 0) is 13.6 Å². The maximum atomic E-state index is 12.1. The van der Waals surface area contributed by atoms with Gasteiger partial charge < -0.3 is 14.8 Å². The van der Waals surface area contributed by atoms with E-state index in [-0.39, 0.29) is 6.03 Å². The van der Waals surface area contributed by atoms with Gasteiger partial charge in [-0.05, 0) is 45.2 Å². The van der Waals surface area contributed by atoms with E-state index in [9.17, 15) is 4.79 Å². The molecule has 7 nitrogen and oxygen atoms in total. The SMILES string of the molecule is CCCNC(=O)N1CCC(c2nnc(CN3CCCCCC3)n2C)CC1. The fourth-order valence-electron chi connectivity index (χ4n) is 4.05. The molecule has 0 radical (unpaired) electrons. The third-order valence-corrected chi connectivity index (χ3v) is 5.74. The van der Waals surface area contributed by atoms with Gasteiger partial charge >= 0.3 is 6.03 Å². The van der Waals surface area contributed by atoms with Crippen molar-refractivity contribution in [3.63, 3.8) is 0 Å². The van der Waals surface area contributed by atoms with Crippen molar-refractivity contribution in [2.75, 3.05) is 32.7 Å². The van der Waals surface area contributed by atoms with E-state index in [2.05, 4.69) is 39.0 Å². The van der Waals surface area contributed by atoms with Crippen molar-refractivity contribution in [3.05, 3.63) is 11.6 Å². The summed E-state index contributed by atoms with van der Waals surface area (Å²) in [7, 11) is 2.10. The van der Waals surface area contributed by atoms with Crippen LogP contribution in [0.5, 0.6) is 0 Å². The van der Waals surface area contributed by atoms with Gasteiger partial charge in [-0.3, -0.25) is 4.90 Å². The molecular weight excluding hydrogens is 328 g/mol. The van der Waals surface area contributed by atoms with Gasteiger partial charge in [0.2, 0.25) is 0 Å². The number of amides is 2. The minimum Gasteiger partial charge on any atom is -0.338 e. The molecule has 0 bridgehead atoms. The first-order chi connectivity index (χ1) is 12.7. The van der Waals surface area contributed by atoms with Crippen molar-refractivity contribution < 1.29 is 4.79 Å². The lowest BCUT2D eigenvalue weighted by Gasteiger charge is -2.31. The Labute approximate surface area is 157 Å². The summed E-state index contributed by atoms with van der Waals surface area (Å²) in [5.74, 6) is 2.56. The van der Waals surface area contributed by atoms with E-state index in [1.165, 1.54) is 38.8 Å². The fraction of sp³-hybridized carbons (Fsp3) is 0.842. The molecule has 1 aromatic rings. The highest BCUT2D eigenvalue weighted by Crippen LogP contribution is 2.27. The molecule has 0 aliphatic carbocycles. The van der Waals surface area contributed by atoms with Gasteiger partial charge in [-0.1, -0.05) is 19.8 Å². The van der Waals surface area contributed by atoms with Crippen molar-refractivity contribution in [2.45, 2.75) is 64.3 Å².